The Bertz CT molecular complexity index is 693. The number of nitrogens with two attached hydrogens (primary N) is 4. The first-order chi connectivity index (χ1) is 14.4. The van der Waals surface area contributed by atoms with Crippen LogP contribution in [0.2, 0.25) is 0 Å². The molecule has 31 heavy (non-hydrogen) atoms. The number of aliphatic carboxylic acids is 1. The monoisotopic (exact) mass is 446 g/mol. The predicted octanol–water partition coefficient (Wildman–Crippen LogP) is -5.21. The summed E-state index contributed by atoms with van der Waals surface area (Å²) in [5.41, 5.74) is 20.8. The van der Waals surface area contributed by atoms with Crippen molar-refractivity contribution in [2.75, 3.05) is 13.2 Å². The molecule has 15 heteroatoms. The van der Waals surface area contributed by atoms with Gasteiger partial charge in [-0.3, -0.25) is 24.2 Å². The summed E-state index contributed by atoms with van der Waals surface area (Å²) in [5, 5.41) is 25.1. The van der Waals surface area contributed by atoms with E-state index < -0.39 is 66.8 Å². The minimum Gasteiger partial charge on any atom is -0.480 e. The molecule has 0 heterocycles. The first-order valence-corrected chi connectivity index (χ1v) is 9.23. The average Bonchev–Trinajstić information content (AvgIpc) is 2.66. The van der Waals surface area contributed by atoms with Crippen molar-refractivity contribution in [2.45, 2.75) is 50.4 Å². The summed E-state index contributed by atoms with van der Waals surface area (Å²) in [5.74, 6) is -5.20. The van der Waals surface area contributed by atoms with Crippen molar-refractivity contribution < 1.29 is 34.2 Å². The van der Waals surface area contributed by atoms with E-state index in [1.54, 1.807) is 0 Å². The molecule has 0 aromatic rings. The maximum absolute atomic E-state index is 12.5. The molecular weight excluding hydrogens is 416 g/mol. The van der Waals surface area contributed by atoms with Crippen molar-refractivity contribution in [3.8, 4) is 0 Å². The SMILES string of the molecule is CC(N)C(=O)NC(CO)C(=O)NC(CCCN=C(N)N)C(=O)NC(CC(N)=O)C(=O)O. The molecule has 4 unspecified atom stereocenters. The average molecular weight is 446 g/mol. The van der Waals surface area contributed by atoms with E-state index in [-0.39, 0.29) is 25.3 Å². The van der Waals surface area contributed by atoms with Gasteiger partial charge in [-0.25, -0.2) is 4.79 Å². The Kier molecular flexibility index (Phi) is 12.2. The van der Waals surface area contributed by atoms with E-state index in [0.29, 0.717) is 0 Å². The van der Waals surface area contributed by atoms with E-state index in [9.17, 15) is 29.1 Å². The van der Waals surface area contributed by atoms with Gasteiger partial charge in [0.1, 0.15) is 18.1 Å². The number of aliphatic hydroxyl groups excluding tert-OH is 1. The fraction of sp³-hybridized carbons (Fsp3) is 0.625. The number of aliphatic imine (C=N–C) groups is 1. The van der Waals surface area contributed by atoms with Crippen LogP contribution in [0.5, 0.6) is 0 Å². The lowest BCUT2D eigenvalue weighted by molar-refractivity contribution is -0.143. The molecule has 0 saturated carbocycles. The summed E-state index contributed by atoms with van der Waals surface area (Å²) in [7, 11) is 0. The summed E-state index contributed by atoms with van der Waals surface area (Å²) in [4.78, 5) is 62.7. The number of carbonyl (C=O) groups is 5. The van der Waals surface area contributed by atoms with Crippen LogP contribution in [0.15, 0.2) is 4.99 Å². The lowest BCUT2D eigenvalue weighted by atomic mass is 10.1. The molecule has 0 aromatic heterocycles. The molecule has 0 bridgehead atoms. The van der Waals surface area contributed by atoms with Crippen LogP contribution < -0.4 is 38.9 Å². The van der Waals surface area contributed by atoms with E-state index in [1.165, 1.54) is 6.92 Å². The minimum atomic E-state index is -1.62. The van der Waals surface area contributed by atoms with Gasteiger partial charge in [-0.1, -0.05) is 0 Å². The second kappa shape index (κ2) is 13.7. The molecule has 0 fully saturated rings. The third-order valence-corrected chi connectivity index (χ3v) is 3.83. The van der Waals surface area contributed by atoms with Crippen molar-refractivity contribution in [1.29, 1.82) is 0 Å². The highest BCUT2D eigenvalue weighted by atomic mass is 16.4. The summed E-state index contributed by atoms with van der Waals surface area (Å²) in [6, 6.07) is -5.27. The summed E-state index contributed by atoms with van der Waals surface area (Å²) >= 11 is 0. The maximum Gasteiger partial charge on any atom is 0.326 e. The number of nitrogens with zero attached hydrogens (tertiary/aromatic N) is 1. The molecule has 0 rings (SSSR count). The smallest absolute Gasteiger partial charge is 0.326 e. The van der Waals surface area contributed by atoms with Gasteiger partial charge >= 0.3 is 5.97 Å². The number of hydrogen-bond acceptors (Lipinski definition) is 8. The van der Waals surface area contributed by atoms with Gasteiger partial charge < -0.3 is 49.1 Å². The van der Waals surface area contributed by atoms with Crippen LogP contribution in [-0.2, 0) is 24.0 Å². The first-order valence-electron chi connectivity index (χ1n) is 9.23. The number of carbonyl (C=O) groups excluding carboxylic acids is 4. The molecule has 176 valence electrons. The summed E-state index contributed by atoms with van der Waals surface area (Å²) in [6.45, 7) is 0.689. The molecule has 0 aliphatic rings. The first kappa shape index (κ1) is 27.5. The van der Waals surface area contributed by atoms with Crippen LogP contribution in [0, 0.1) is 0 Å². The van der Waals surface area contributed by atoms with Crippen molar-refractivity contribution in [2.24, 2.45) is 27.9 Å². The fourth-order valence-corrected chi connectivity index (χ4v) is 2.22. The van der Waals surface area contributed by atoms with Crippen molar-refractivity contribution in [3.63, 3.8) is 0 Å². The van der Waals surface area contributed by atoms with E-state index in [1.807, 2.05) is 0 Å². The summed E-state index contributed by atoms with van der Waals surface area (Å²) in [6.07, 6.45) is -0.490. The zero-order chi connectivity index (χ0) is 24.1. The Labute approximate surface area is 178 Å². The normalized spacial score (nSPS) is 14.3. The highest BCUT2D eigenvalue weighted by molar-refractivity contribution is 5.94. The van der Waals surface area contributed by atoms with Crippen LogP contribution in [-0.4, -0.2) is 83.1 Å². The fourth-order valence-electron chi connectivity index (χ4n) is 2.22. The molecular formula is C16H30N8O7. The molecule has 15 nitrogen and oxygen atoms in total. The number of rotatable bonds is 14. The van der Waals surface area contributed by atoms with Gasteiger partial charge in [0, 0.05) is 6.54 Å². The quantitative estimate of drug-likeness (QED) is 0.0694. The van der Waals surface area contributed by atoms with Crippen molar-refractivity contribution >= 4 is 35.6 Å². The van der Waals surface area contributed by atoms with Crippen LogP contribution >= 0.6 is 0 Å². The molecule has 0 radical (unpaired) electrons. The zero-order valence-corrected chi connectivity index (χ0v) is 17.0. The number of nitrogens with one attached hydrogen (secondary N) is 3. The van der Waals surface area contributed by atoms with Crippen molar-refractivity contribution in [1.82, 2.24) is 16.0 Å². The molecule has 0 aliphatic heterocycles. The van der Waals surface area contributed by atoms with Crippen LogP contribution in [0.1, 0.15) is 26.2 Å². The van der Waals surface area contributed by atoms with E-state index >= 15 is 0 Å². The maximum atomic E-state index is 12.5. The van der Waals surface area contributed by atoms with Crippen LogP contribution in [0.25, 0.3) is 0 Å². The largest absolute Gasteiger partial charge is 0.480 e. The van der Waals surface area contributed by atoms with Crippen LogP contribution in [0.3, 0.4) is 0 Å². The standard InChI is InChI=1S/C16H30N8O7/c1-7(17)12(27)24-10(6-25)14(29)22-8(3-2-4-21-16(19)20)13(28)23-9(15(30)31)5-11(18)26/h7-10,25H,2-6,17H2,1H3,(H2,18,26)(H,22,29)(H,23,28)(H,24,27)(H,30,31)(H4,19,20,21). The molecule has 4 amide bonds. The molecule has 0 saturated heterocycles. The molecule has 4 atom stereocenters. The predicted molar refractivity (Wildman–Crippen MR) is 108 cm³/mol. The van der Waals surface area contributed by atoms with Gasteiger partial charge in [-0.05, 0) is 19.8 Å². The topological polar surface area (TPSA) is 278 Å². The molecule has 0 aliphatic carbocycles. The van der Waals surface area contributed by atoms with Gasteiger partial charge in [-0.2, -0.15) is 0 Å². The number of aliphatic hydroxyl groups is 1. The van der Waals surface area contributed by atoms with Gasteiger partial charge in [0.2, 0.25) is 23.6 Å². The number of carboxylic acids is 1. The lowest BCUT2D eigenvalue weighted by Gasteiger charge is -2.24. The minimum absolute atomic E-state index is 0.0311. The Morgan fingerprint density at radius 1 is 0.903 bits per heavy atom. The van der Waals surface area contributed by atoms with Gasteiger partial charge in [-0.15, -0.1) is 0 Å². The Morgan fingerprint density at radius 3 is 1.87 bits per heavy atom. The third kappa shape index (κ3) is 11.3. The Balaban J connectivity index is 5.37. The van der Waals surface area contributed by atoms with Crippen molar-refractivity contribution in [3.05, 3.63) is 0 Å². The summed E-state index contributed by atoms with van der Waals surface area (Å²) < 4.78 is 0. The highest BCUT2D eigenvalue weighted by Crippen LogP contribution is 2.02. The van der Waals surface area contributed by atoms with Gasteiger partial charge in [0.05, 0.1) is 19.1 Å². The lowest BCUT2D eigenvalue weighted by Crippen LogP contribution is -2.58. The van der Waals surface area contributed by atoms with E-state index in [0.717, 1.165) is 0 Å². The number of primary amides is 1. The number of amides is 4. The molecule has 0 aromatic carbocycles. The van der Waals surface area contributed by atoms with E-state index in [4.69, 9.17) is 28.0 Å². The second-order valence-electron chi connectivity index (χ2n) is 6.61. The Hall–Kier alpha value is -3.46. The van der Waals surface area contributed by atoms with E-state index in [2.05, 4.69) is 20.9 Å². The number of hydrogen-bond donors (Lipinski definition) is 9. The Morgan fingerprint density at radius 2 is 1.42 bits per heavy atom. The van der Waals surface area contributed by atoms with Gasteiger partial charge in [0.15, 0.2) is 5.96 Å². The zero-order valence-electron chi connectivity index (χ0n) is 17.0. The third-order valence-electron chi connectivity index (χ3n) is 3.83. The second-order valence-corrected chi connectivity index (χ2v) is 6.61. The highest BCUT2D eigenvalue weighted by Gasteiger charge is 2.30. The number of carboxylic acid groups (broad SMARTS) is 1. The van der Waals surface area contributed by atoms with Crippen LogP contribution in [0.4, 0.5) is 0 Å². The molecule has 0 spiro atoms. The van der Waals surface area contributed by atoms with Gasteiger partial charge in [0.25, 0.3) is 0 Å². The number of guanidine groups is 1. The molecule has 13 N–H and O–H groups in total.